The Hall–Kier alpha value is -1.27. The van der Waals surface area contributed by atoms with E-state index in [1.54, 1.807) is 0 Å². The lowest BCUT2D eigenvalue weighted by atomic mass is 10.2. The number of halogens is 2. The van der Waals surface area contributed by atoms with E-state index in [0.29, 0.717) is 9.23 Å². The van der Waals surface area contributed by atoms with Crippen molar-refractivity contribution in [1.29, 1.82) is 0 Å². The second-order valence-electron chi connectivity index (χ2n) is 3.02. The molecule has 82 valence electrons. The summed E-state index contributed by atoms with van der Waals surface area (Å²) in [5.74, 6) is -1.73. The second kappa shape index (κ2) is 4.31. The minimum atomic E-state index is -0.710. The molecule has 2 rings (SSSR count). The van der Waals surface area contributed by atoms with Crippen LogP contribution < -0.4 is 5.32 Å². The number of carbonyl (C=O) groups excluding carboxylic acids is 1. The Morgan fingerprint density at radius 3 is 2.69 bits per heavy atom. The van der Waals surface area contributed by atoms with Gasteiger partial charge in [0, 0.05) is 11.6 Å². The fraction of sp³-hybridized carbons (Fsp3) is 0. The van der Waals surface area contributed by atoms with Crippen LogP contribution in [0.5, 0.6) is 0 Å². The first-order valence-electron chi connectivity index (χ1n) is 4.26. The monoisotopic (exact) mass is 257 g/mol. The number of thiocarbonyl (C=S) groups is 1. The molecule has 1 fully saturated rings. The third-order valence-electron chi connectivity index (χ3n) is 1.89. The molecule has 1 aliphatic rings. The van der Waals surface area contributed by atoms with Crippen LogP contribution in [-0.4, -0.2) is 10.2 Å². The molecule has 2 nitrogen and oxygen atoms in total. The Balaban J connectivity index is 2.36. The van der Waals surface area contributed by atoms with Gasteiger partial charge in [-0.2, -0.15) is 0 Å². The van der Waals surface area contributed by atoms with Crippen LogP contribution in [0.3, 0.4) is 0 Å². The number of nitrogens with one attached hydrogen (secondary N) is 1. The van der Waals surface area contributed by atoms with Crippen molar-refractivity contribution in [3.63, 3.8) is 0 Å². The van der Waals surface area contributed by atoms with E-state index in [0.717, 1.165) is 23.9 Å². The average molecular weight is 257 g/mol. The van der Waals surface area contributed by atoms with Crippen molar-refractivity contribution in [1.82, 2.24) is 5.32 Å². The predicted octanol–water partition coefficient (Wildman–Crippen LogP) is 2.45. The van der Waals surface area contributed by atoms with Gasteiger partial charge in [-0.1, -0.05) is 24.0 Å². The number of rotatable bonds is 1. The first-order chi connectivity index (χ1) is 7.56. The highest BCUT2D eigenvalue weighted by Crippen LogP contribution is 2.26. The zero-order chi connectivity index (χ0) is 11.7. The molecular formula is C10H5F2NOS2. The molecule has 1 aliphatic heterocycles. The molecule has 0 radical (unpaired) electrons. The third kappa shape index (κ3) is 2.28. The average Bonchev–Trinajstić information content (AvgIpc) is 2.50. The summed E-state index contributed by atoms with van der Waals surface area (Å²) in [5.41, 5.74) is 0.156. The van der Waals surface area contributed by atoms with E-state index >= 15 is 0 Å². The van der Waals surface area contributed by atoms with Crippen molar-refractivity contribution in [3.8, 4) is 0 Å². The van der Waals surface area contributed by atoms with Gasteiger partial charge in [-0.15, -0.1) is 0 Å². The quantitative estimate of drug-likeness (QED) is 0.619. The summed E-state index contributed by atoms with van der Waals surface area (Å²) < 4.78 is 26.2. The predicted molar refractivity (Wildman–Crippen MR) is 62.7 cm³/mol. The van der Waals surface area contributed by atoms with Gasteiger partial charge in [0.15, 0.2) is 0 Å². The second-order valence-corrected chi connectivity index (χ2v) is 4.74. The Kier molecular flexibility index (Phi) is 3.02. The normalized spacial score (nSPS) is 18.0. The summed E-state index contributed by atoms with van der Waals surface area (Å²) in [5, 5.41) is 2.41. The van der Waals surface area contributed by atoms with Gasteiger partial charge in [-0.25, -0.2) is 8.78 Å². The standard InChI is InChI=1S/C10H5F2NOS2/c11-6-2-1-5(7(12)4-6)3-8-9(14)13-10(15)16-8/h1-4H,(H,13,14,15)/b8-3-. The van der Waals surface area contributed by atoms with Crippen LogP contribution in [-0.2, 0) is 4.79 Å². The van der Waals surface area contributed by atoms with Gasteiger partial charge in [-0.3, -0.25) is 4.79 Å². The van der Waals surface area contributed by atoms with E-state index in [1.807, 2.05) is 0 Å². The zero-order valence-corrected chi connectivity index (χ0v) is 9.42. The Morgan fingerprint density at radius 2 is 2.12 bits per heavy atom. The maximum absolute atomic E-state index is 13.3. The fourth-order valence-corrected chi connectivity index (χ4v) is 2.22. The molecule has 16 heavy (non-hydrogen) atoms. The summed E-state index contributed by atoms with van der Waals surface area (Å²) >= 11 is 5.83. The van der Waals surface area contributed by atoms with Crippen LogP contribution in [0.15, 0.2) is 23.1 Å². The summed E-state index contributed by atoms with van der Waals surface area (Å²) in [6.07, 6.45) is 1.34. The smallest absolute Gasteiger partial charge is 0.263 e. The van der Waals surface area contributed by atoms with E-state index in [4.69, 9.17) is 12.2 Å². The first kappa shape index (κ1) is 11.2. The summed E-state index contributed by atoms with van der Waals surface area (Å²) in [4.78, 5) is 11.6. The van der Waals surface area contributed by atoms with E-state index in [2.05, 4.69) is 5.32 Å². The maximum Gasteiger partial charge on any atom is 0.263 e. The van der Waals surface area contributed by atoms with Crippen LogP contribution in [0.2, 0.25) is 0 Å². The lowest BCUT2D eigenvalue weighted by Gasteiger charge is -1.97. The van der Waals surface area contributed by atoms with Gasteiger partial charge in [-0.05, 0) is 18.2 Å². The lowest BCUT2D eigenvalue weighted by molar-refractivity contribution is -0.115. The van der Waals surface area contributed by atoms with Gasteiger partial charge >= 0.3 is 0 Å². The zero-order valence-electron chi connectivity index (χ0n) is 7.79. The molecule has 1 heterocycles. The molecule has 1 aromatic rings. The molecule has 0 bridgehead atoms. The number of amides is 1. The van der Waals surface area contributed by atoms with Gasteiger partial charge in [0.25, 0.3) is 5.91 Å². The Labute approximate surface area is 99.7 Å². The highest BCUT2D eigenvalue weighted by molar-refractivity contribution is 8.26. The summed E-state index contributed by atoms with van der Waals surface area (Å²) in [6.45, 7) is 0. The van der Waals surface area contributed by atoms with E-state index in [9.17, 15) is 13.6 Å². The number of hydrogen-bond acceptors (Lipinski definition) is 3. The molecule has 0 saturated carbocycles. The maximum atomic E-state index is 13.3. The molecule has 1 N–H and O–H groups in total. The van der Waals surface area contributed by atoms with Gasteiger partial charge in [0.2, 0.25) is 0 Å². The van der Waals surface area contributed by atoms with Crippen molar-refractivity contribution in [2.75, 3.05) is 0 Å². The van der Waals surface area contributed by atoms with Crippen LogP contribution >= 0.6 is 24.0 Å². The third-order valence-corrected chi connectivity index (χ3v) is 3.05. The minimum absolute atomic E-state index is 0.156. The van der Waals surface area contributed by atoms with E-state index < -0.39 is 11.6 Å². The van der Waals surface area contributed by atoms with E-state index in [-0.39, 0.29) is 11.5 Å². The highest BCUT2D eigenvalue weighted by atomic mass is 32.2. The number of benzene rings is 1. The molecule has 1 aromatic carbocycles. The number of carbonyl (C=O) groups is 1. The number of hydrogen-bond donors (Lipinski definition) is 1. The number of thioether (sulfide) groups is 1. The molecule has 0 atom stereocenters. The topological polar surface area (TPSA) is 29.1 Å². The molecular weight excluding hydrogens is 252 g/mol. The van der Waals surface area contributed by atoms with Crippen LogP contribution in [0.25, 0.3) is 6.08 Å². The molecule has 1 saturated heterocycles. The van der Waals surface area contributed by atoms with Crippen molar-refractivity contribution in [2.24, 2.45) is 0 Å². The summed E-state index contributed by atoms with van der Waals surface area (Å²) in [7, 11) is 0. The van der Waals surface area contributed by atoms with Crippen LogP contribution in [0.4, 0.5) is 8.78 Å². The van der Waals surface area contributed by atoms with Gasteiger partial charge in [0.1, 0.15) is 16.0 Å². The van der Waals surface area contributed by atoms with Crippen LogP contribution in [0.1, 0.15) is 5.56 Å². The minimum Gasteiger partial charge on any atom is -0.307 e. The molecule has 0 spiro atoms. The van der Waals surface area contributed by atoms with Crippen molar-refractivity contribution < 1.29 is 13.6 Å². The van der Waals surface area contributed by atoms with Crippen molar-refractivity contribution in [3.05, 3.63) is 40.3 Å². The highest BCUT2D eigenvalue weighted by Gasteiger charge is 2.22. The SMILES string of the molecule is O=C1NC(=S)S/C1=C\c1ccc(F)cc1F. The largest absolute Gasteiger partial charge is 0.307 e. The van der Waals surface area contributed by atoms with Gasteiger partial charge < -0.3 is 5.32 Å². The van der Waals surface area contributed by atoms with Crippen molar-refractivity contribution >= 4 is 40.3 Å². The first-order valence-corrected chi connectivity index (χ1v) is 5.48. The fourth-order valence-electron chi connectivity index (χ4n) is 1.18. The molecule has 0 aromatic heterocycles. The molecule has 1 amide bonds. The summed E-state index contributed by atoms with van der Waals surface area (Å²) in [6, 6.07) is 3.17. The lowest BCUT2D eigenvalue weighted by Crippen LogP contribution is -2.17. The van der Waals surface area contributed by atoms with E-state index in [1.165, 1.54) is 12.1 Å². The Morgan fingerprint density at radius 1 is 1.38 bits per heavy atom. The van der Waals surface area contributed by atoms with Gasteiger partial charge in [0.05, 0.1) is 4.91 Å². The van der Waals surface area contributed by atoms with Crippen molar-refractivity contribution in [2.45, 2.75) is 0 Å². The molecule has 0 aliphatic carbocycles. The molecule has 0 unspecified atom stereocenters. The van der Waals surface area contributed by atoms with Crippen LogP contribution in [0, 0.1) is 11.6 Å². The molecule has 6 heteroatoms. The Bertz CT molecular complexity index is 514.